The van der Waals surface area contributed by atoms with E-state index in [0.717, 1.165) is 23.5 Å². The van der Waals surface area contributed by atoms with E-state index < -0.39 is 0 Å². The summed E-state index contributed by atoms with van der Waals surface area (Å²) in [7, 11) is 0. The number of hydrogen-bond donors (Lipinski definition) is 0. The van der Waals surface area contributed by atoms with Crippen molar-refractivity contribution in [3.8, 4) is 0 Å². The number of carbonyl (C=O) groups is 1. The van der Waals surface area contributed by atoms with Crippen LogP contribution in [0.4, 0.5) is 0 Å². The van der Waals surface area contributed by atoms with E-state index in [-0.39, 0.29) is 5.91 Å². The number of likely N-dealkylation sites (N-methyl/N-ethyl adjacent to an activating group) is 1. The minimum atomic E-state index is 0.000508. The van der Waals surface area contributed by atoms with Crippen LogP contribution in [0.2, 0.25) is 0 Å². The van der Waals surface area contributed by atoms with Gasteiger partial charge in [0.15, 0.2) is 0 Å². The highest BCUT2D eigenvalue weighted by molar-refractivity contribution is 8.26. The zero-order chi connectivity index (χ0) is 14.2. The molecule has 0 radical (unpaired) electrons. The minimum Gasteiger partial charge on any atom is -0.293 e. The number of aryl methyl sites for hydroxylation is 2. The number of aromatic nitrogens is 2. The molecule has 0 aliphatic carbocycles. The second-order valence-electron chi connectivity index (χ2n) is 4.33. The molecule has 0 N–H and O–H groups in total. The fourth-order valence-corrected chi connectivity index (χ4v) is 3.50. The molecule has 4 nitrogen and oxygen atoms in total. The lowest BCUT2D eigenvalue weighted by Gasteiger charge is -2.09. The molecule has 102 valence electrons. The molecule has 0 saturated carbocycles. The van der Waals surface area contributed by atoms with E-state index >= 15 is 0 Å². The van der Waals surface area contributed by atoms with Crippen LogP contribution in [0.5, 0.6) is 0 Å². The summed E-state index contributed by atoms with van der Waals surface area (Å²) in [5, 5.41) is 4.46. The molecular formula is C13H17N3OS2. The number of hydrogen-bond acceptors (Lipinski definition) is 4. The van der Waals surface area contributed by atoms with Gasteiger partial charge in [0.05, 0.1) is 10.6 Å². The van der Waals surface area contributed by atoms with Crippen molar-refractivity contribution in [3.63, 3.8) is 0 Å². The van der Waals surface area contributed by atoms with Gasteiger partial charge in [-0.05, 0) is 33.8 Å². The fraction of sp³-hybridized carbons (Fsp3) is 0.462. The maximum absolute atomic E-state index is 12.2. The summed E-state index contributed by atoms with van der Waals surface area (Å²) >= 11 is 6.58. The first-order valence-electron chi connectivity index (χ1n) is 6.28. The maximum atomic E-state index is 12.2. The van der Waals surface area contributed by atoms with E-state index in [1.807, 2.05) is 31.5 Å². The van der Waals surface area contributed by atoms with E-state index in [1.54, 1.807) is 4.90 Å². The van der Waals surface area contributed by atoms with E-state index in [4.69, 9.17) is 12.2 Å². The predicted octanol–water partition coefficient (Wildman–Crippen LogP) is 2.74. The molecule has 1 aliphatic heterocycles. The van der Waals surface area contributed by atoms with Crippen LogP contribution < -0.4 is 0 Å². The number of nitrogens with zero attached hydrogens (tertiary/aromatic N) is 3. The Bertz CT molecular complexity index is 575. The SMILES string of the molecule is CCN1C(=O)C(=Cc2c(C)nn(CC)c2C)SC1=S. The average Bonchev–Trinajstić information content (AvgIpc) is 2.80. The number of thiocarbonyl (C=S) groups is 1. The Morgan fingerprint density at radius 2 is 2.00 bits per heavy atom. The Morgan fingerprint density at radius 1 is 1.32 bits per heavy atom. The van der Waals surface area contributed by atoms with E-state index in [0.29, 0.717) is 15.8 Å². The Hall–Kier alpha value is -1.14. The topological polar surface area (TPSA) is 38.1 Å². The van der Waals surface area contributed by atoms with Crippen molar-refractivity contribution in [2.24, 2.45) is 0 Å². The molecule has 1 fully saturated rings. The minimum absolute atomic E-state index is 0.000508. The normalized spacial score (nSPS) is 17.9. The summed E-state index contributed by atoms with van der Waals surface area (Å²) in [6, 6.07) is 0. The van der Waals surface area contributed by atoms with E-state index in [1.165, 1.54) is 11.8 Å². The molecule has 2 heterocycles. The molecule has 0 aromatic carbocycles. The Kier molecular flexibility index (Phi) is 4.10. The first-order valence-corrected chi connectivity index (χ1v) is 7.51. The van der Waals surface area contributed by atoms with Crippen LogP contribution in [0, 0.1) is 13.8 Å². The molecule has 0 unspecified atom stereocenters. The molecule has 0 atom stereocenters. The molecule has 1 aromatic heterocycles. The van der Waals surface area contributed by atoms with E-state index in [2.05, 4.69) is 12.0 Å². The molecular weight excluding hydrogens is 278 g/mol. The van der Waals surface area contributed by atoms with Crippen LogP contribution in [-0.2, 0) is 11.3 Å². The average molecular weight is 295 g/mol. The summed E-state index contributed by atoms with van der Waals surface area (Å²) in [5.41, 5.74) is 3.06. The van der Waals surface area contributed by atoms with Crippen LogP contribution in [0.15, 0.2) is 4.91 Å². The second kappa shape index (κ2) is 5.46. The van der Waals surface area contributed by atoms with Crippen molar-refractivity contribution >= 4 is 40.3 Å². The van der Waals surface area contributed by atoms with Gasteiger partial charge in [0, 0.05) is 24.3 Å². The third kappa shape index (κ3) is 2.47. The lowest BCUT2D eigenvalue weighted by molar-refractivity contribution is -0.121. The van der Waals surface area contributed by atoms with Gasteiger partial charge in [-0.3, -0.25) is 14.4 Å². The molecule has 0 bridgehead atoms. The molecule has 0 spiro atoms. The van der Waals surface area contributed by atoms with Gasteiger partial charge in [0.2, 0.25) is 0 Å². The van der Waals surface area contributed by atoms with Gasteiger partial charge in [-0.2, -0.15) is 5.10 Å². The van der Waals surface area contributed by atoms with Gasteiger partial charge in [0.1, 0.15) is 4.32 Å². The standard InChI is InChI=1S/C13H17N3OS2/c1-5-15-12(17)11(19-13(15)18)7-10-8(3)14-16(6-2)9(10)4/h7H,5-6H2,1-4H3. The van der Waals surface area contributed by atoms with Gasteiger partial charge in [0.25, 0.3) is 5.91 Å². The lowest BCUT2D eigenvalue weighted by atomic mass is 10.2. The van der Waals surface area contributed by atoms with Crippen LogP contribution in [0.25, 0.3) is 6.08 Å². The Labute approximate surface area is 122 Å². The number of amides is 1. The van der Waals surface area contributed by atoms with Crippen molar-refractivity contribution in [2.75, 3.05) is 6.54 Å². The molecule has 1 aromatic rings. The van der Waals surface area contributed by atoms with Crippen LogP contribution in [0.1, 0.15) is 30.8 Å². The molecule has 1 saturated heterocycles. The summed E-state index contributed by atoms with van der Waals surface area (Å²) in [5.74, 6) is 0.000508. The van der Waals surface area contributed by atoms with Crippen molar-refractivity contribution in [2.45, 2.75) is 34.2 Å². The Balaban J connectivity index is 2.40. The van der Waals surface area contributed by atoms with Crippen molar-refractivity contribution < 1.29 is 4.79 Å². The van der Waals surface area contributed by atoms with E-state index in [9.17, 15) is 4.79 Å². The van der Waals surface area contributed by atoms with Gasteiger partial charge >= 0.3 is 0 Å². The van der Waals surface area contributed by atoms with Crippen molar-refractivity contribution in [1.82, 2.24) is 14.7 Å². The van der Waals surface area contributed by atoms with Gasteiger partial charge in [-0.1, -0.05) is 24.0 Å². The highest BCUT2D eigenvalue weighted by atomic mass is 32.2. The molecule has 2 rings (SSSR count). The van der Waals surface area contributed by atoms with Crippen LogP contribution in [0.3, 0.4) is 0 Å². The quantitative estimate of drug-likeness (QED) is 0.635. The number of carbonyl (C=O) groups excluding carboxylic acids is 1. The zero-order valence-corrected chi connectivity index (χ0v) is 13.2. The highest BCUT2D eigenvalue weighted by Crippen LogP contribution is 2.33. The maximum Gasteiger partial charge on any atom is 0.266 e. The number of thioether (sulfide) groups is 1. The third-order valence-electron chi connectivity index (χ3n) is 3.20. The second-order valence-corrected chi connectivity index (χ2v) is 6.00. The molecule has 1 aliphatic rings. The zero-order valence-electron chi connectivity index (χ0n) is 11.6. The van der Waals surface area contributed by atoms with Gasteiger partial charge in [-0.25, -0.2) is 0 Å². The molecule has 1 amide bonds. The smallest absolute Gasteiger partial charge is 0.266 e. The monoisotopic (exact) mass is 295 g/mol. The summed E-state index contributed by atoms with van der Waals surface area (Å²) < 4.78 is 2.58. The largest absolute Gasteiger partial charge is 0.293 e. The first-order chi connectivity index (χ1) is 8.99. The molecule has 19 heavy (non-hydrogen) atoms. The summed E-state index contributed by atoms with van der Waals surface area (Å²) in [6.07, 6.45) is 1.92. The van der Waals surface area contributed by atoms with Crippen LogP contribution >= 0.6 is 24.0 Å². The summed E-state index contributed by atoms with van der Waals surface area (Å²) in [6.45, 7) is 9.42. The van der Waals surface area contributed by atoms with Gasteiger partial charge in [-0.15, -0.1) is 0 Å². The Morgan fingerprint density at radius 3 is 2.47 bits per heavy atom. The van der Waals surface area contributed by atoms with Crippen molar-refractivity contribution in [3.05, 3.63) is 21.9 Å². The molecule has 6 heteroatoms. The fourth-order valence-electron chi connectivity index (χ4n) is 2.13. The first kappa shape index (κ1) is 14.3. The predicted molar refractivity (Wildman–Crippen MR) is 82.9 cm³/mol. The van der Waals surface area contributed by atoms with Crippen molar-refractivity contribution in [1.29, 1.82) is 0 Å². The summed E-state index contributed by atoms with van der Waals surface area (Å²) in [4.78, 5) is 14.5. The highest BCUT2D eigenvalue weighted by Gasteiger charge is 2.31. The van der Waals surface area contributed by atoms with Gasteiger partial charge < -0.3 is 0 Å². The third-order valence-corrected chi connectivity index (χ3v) is 4.58. The number of rotatable bonds is 3. The van der Waals surface area contributed by atoms with Crippen LogP contribution in [-0.4, -0.2) is 31.5 Å². The lowest BCUT2D eigenvalue weighted by Crippen LogP contribution is -2.27.